The van der Waals surface area contributed by atoms with Crippen LogP contribution in [0.4, 0.5) is 0 Å². The van der Waals surface area contributed by atoms with Gasteiger partial charge < -0.3 is 19.3 Å². The maximum atomic E-state index is 12.4. The predicted molar refractivity (Wildman–Crippen MR) is 198 cm³/mol. The van der Waals surface area contributed by atoms with Crippen molar-refractivity contribution in [1.82, 2.24) is 0 Å². The van der Waals surface area contributed by atoms with Crippen LogP contribution < -0.4 is 0 Å². The minimum absolute atomic E-state index is 0.206. The van der Waals surface area contributed by atoms with Crippen molar-refractivity contribution in [2.45, 2.75) is 213 Å². The van der Waals surface area contributed by atoms with Crippen LogP contribution in [0.1, 0.15) is 206 Å². The second-order valence-corrected chi connectivity index (χ2v) is 14.9. The number of phosphoric ester groups is 1. The molecule has 0 radical (unpaired) electrons. The highest BCUT2D eigenvalue weighted by Crippen LogP contribution is 2.36. The normalized spacial score (nSPS) is 12.5. The highest BCUT2D eigenvalue weighted by molar-refractivity contribution is 7.46. The van der Waals surface area contributed by atoms with Crippen molar-refractivity contribution in [1.29, 1.82) is 0 Å². The molecule has 8 nitrogen and oxygen atoms in total. The summed E-state index contributed by atoms with van der Waals surface area (Å²) in [6, 6.07) is 0. The average Bonchev–Trinajstić information content (AvgIpc) is 3.05. The fourth-order valence-corrected chi connectivity index (χ4v) is 6.14. The molecule has 0 aliphatic rings. The first kappa shape index (κ1) is 46.8. The fraction of sp³-hybridized carbons (Fsp3) is 0.897. The number of ether oxygens (including phenoxy) is 2. The first-order chi connectivity index (χ1) is 23.3. The highest BCUT2D eigenvalue weighted by Gasteiger charge is 2.22. The van der Waals surface area contributed by atoms with Gasteiger partial charge in [0.1, 0.15) is 6.61 Å². The standard InChI is InChI=1S/C39H75O8P/c1-3-5-7-9-11-13-15-17-19-21-23-25-27-29-31-33-38(40)45-35-37(36-46-48(42,43)44)47-39(41)34-32-30-28-26-24-22-20-18-16-14-12-10-8-6-4-2/h18,20,37H,3-17,19,21-36H2,1-2H3,(H2,42,43,44)/b20-18-/t37-/m1/s1. The fourth-order valence-electron chi connectivity index (χ4n) is 5.78. The predicted octanol–water partition coefficient (Wildman–Crippen LogP) is 11.8. The van der Waals surface area contributed by atoms with E-state index in [2.05, 4.69) is 30.5 Å². The van der Waals surface area contributed by atoms with Crippen LogP contribution in [0.3, 0.4) is 0 Å². The van der Waals surface area contributed by atoms with Gasteiger partial charge in [-0.2, -0.15) is 0 Å². The van der Waals surface area contributed by atoms with Gasteiger partial charge in [-0.3, -0.25) is 14.1 Å². The van der Waals surface area contributed by atoms with Crippen molar-refractivity contribution < 1.29 is 37.9 Å². The lowest BCUT2D eigenvalue weighted by Gasteiger charge is -2.18. The molecule has 0 amide bonds. The van der Waals surface area contributed by atoms with Gasteiger partial charge in [-0.25, -0.2) is 4.57 Å². The van der Waals surface area contributed by atoms with Crippen LogP contribution in [0, 0.1) is 0 Å². The lowest BCUT2D eigenvalue weighted by molar-refractivity contribution is -0.161. The molecule has 0 saturated carbocycles. The summed E-state index contributed by atoms with van der Waals surface area (Å²) in [5.74, 6) is -0.885. The van der Waals surface area contributed by atoms with Crippen molar-refractivity contribution in [2.24, 2.45) is 0 Å². The van der Waals surface area contributed by atoms with Gasteiger partial charge in [-0.15, -0.1) is 0 Å². The molecule has 0 aromatic heterocycles. The Hall–Kier alpha value is -1.21. The third-order valence-corrected chi connectivity index (χ3v) is 9.27. The summed E-state index contributed by atoms with van der Waals surface area (Å²) in [5, 5.41) is 0. The van der Waals surface area contributed by atoms with Crippen LogP contribution in [-0.4, -0.2) is 41.0 Å². The number of allylic oxidation sites excluding steroid dienone is 2. The lowest BCUT2D eigenvalue weighted by atomic mass is 10.0. The van der Waals surface area contributed by atoms with E-state index in [1.165, 1.54) is 122 Å². The molecule has 0 saturated heterocycles. The van der Waals surface area contributed by atoms with E-state index >= 15 is 0 Å². The second kappa shape index (κ2) is 35.6. The summed E-state index contributed by atoms with van der Waals surface area (Å²) >= 11 is 0. The Morgan fingerprint density at radius 2 is 0.875 bits per heavy atom. The molecule has 0 rings (SSSR count). The number of hydrogen-bond acceptors (Lipinski definition) is 6. The molecule has 1 atom stereocenters. The Bertz CT molecular complexity index is 797. The molecule has 0 aliphatic carbocycles. The topological polar surface area (TPSA) is 119 Å². The van der Waals surface area contributed by atoms with Gasteiger partial charge in [0.15, 0.2) is 6.10 Å². The van der Waals surface area contributed by atoms with E-state index < -0.39 is 32.5 Å². The largest absolute Gasteiger partial charge is 0.469 e. The van der Waals surface area contributed by atoms with Gasteiger partial charge in [0.05, 0.1) is 6.61 Å². The van der Waals surface area contributed by atoms with Crippen molar-refractivity contribution in [2.75, 3.05) is 13.2 Å². The van der Waals surface area contributed by atoms with E-state index in [1.54, 1.807) is 0 Å². The first-order valence-corrected chi connectivity index (χ1v) is 21.5. The minimum atomic E-state index is -4.75. The van der Waals surface area contributed by atoms with Crippen LogP contribution in [0.5, 0.6) is 0 Å². The van der Waals surface area contributed by atoms with Gasteiger partial charge in [-0.05, 0) is 38.5 Å². The van der Waals surface area contributed by atoms with Crippen LogP contribution in [-0.2, 0) is 28.2 Å². The maximum absolute atomic E-state index is 12.4. The van der Waals surface area contributed by atoms with E-state index in [-0.39, 0.29) is 19.4 Å². The molecular formula is C39H75O8P. The van der Waals surface area contributed by atoms with Gasteiger partial charge >= 0.3 is 19.8 Å². The average molecular weight is 703 g/mol. The van der Waals surface area contributed by atoms with Gasteiger partial charge in [0, 0.05) is 12.8 Å². The number of phosphoric acid groups is 1. The summed E-state index contributed by atoms with van der Waals surface area (Å²) in [6.07, 6.45) is 37.8. The minimum Gasteiger partial charge on any atom is -0.462 e. The van der Waals surface area contributed by atoms with Gasteiger partial charge in [-0.1, -0.05) is 167 Å². The summed E-state index contributed by atoms with van der Waals surface area (Å²) in [7, 11) is -4.75. The Balaban J connectivity index is 3.92. The number of rotatable bonds is 37. The summed E-state index contributed by atoms with van der Waals surface area (Å²) in [4.78, 5) is 42.7. The summed E-state index contributed by atoms with van der Waals surface area (Å²) < 4.78 is 26.3. The Morgan fingerprint density at radius 3 is 1.27 bits per heavy atom. The van der Waals surface area contributed by atoms with Crippen LogP contribution in [0.25, 0.3) is 0 Å². The molecule has 9 heteroatoms. The van der Waals surface area contributed by atoms with Crippen molar-refractivity contribution in [3.05, 3.63) is 12.2 Å². The van der Waals surface area contributed by atoms with Gasteiger partial charge in [0.2, 0.25) is 0 Å². The number of esters is 2. The van der Waals surface area contributed by atoms with Crippen molar-refractivity contribution >= 4 is 19.8 Å². The summed E-state index contributed by atoms with van der Waals surface area (Å²) in [6.45, 7) is 3.68. The summed E-state index contributed by atoms with van der Waals surface area (Å²) in [5.41, 5.74) is 0. The molecule has 0 spiro atoms. The van der Waals surface area contributed by atoms with Crippen LogP contribution in [0.15, 0.2) is 12.2 Å². The lowest BCUT2D eigenvalue weighted by Crippen LogP contribution is -2.29. The van der Waals surface area contributed by atoms with Crippen LogP contribution >= 0.6 is 7.82 Å². The zero-order valence-corrected chi connectivity index (χ0v) is 32.0. The third-order valence-electron chi connectivity index (χ3n) is 8.78. The Labute approximate surface area is 295 Å². The number of hydrogen-bond donors (Lipinski definition) is 2. The number of unbranched alkanes of at least 4 members (excludes halogenated alkanes) is 25. The van der Waals surface area contributed by atoms with E-state index in [9.17, 15) is 14.2 Å². The Kier molecular flexibility index (Phi) is 34.7. The molecule has 0 fully saturated rings. The molecule has 0 bridgehead atoms. The molecule has 0 aliphatic heterocycles. The molecule has 2 N–H and O–H groups in total. The monoisotopic (exact) mass is 703 g/mol. The molecule has 0 unspecified atom stereocenters. The van der Waals surface area contributed by atoms with Crippen molar-refractivity contribution in [3.8, 4) is 0 Å². The van der Waals surface area contributed by atoms with Crippen LogP contribution in [0.2, 0.25) is 0 Å². The first-order valence-electron chi connectivity index (χ1n) is 20.0. The maximum Gasteiger partial charge on any atom is 0.469 e. The molecule has 48 heavy (non-hydrogen) atoms. The molecule has 284 valence electrons. The molecule has 0 aromatic rings. The van der Waals surface area contributed by atoms with Gasteiger partial charge in [0.25, 0.3) is 0 Å². The second-order valence-electron chi connectivity index (χ2n) is 13.6. The number of carbonyl (C=O) groups excluding carboxylic acids is 2. The van der Waals surface area contributed by atoms with Crippen molar-refractivity contribution in [3.63, 3.8) is 0 Å². The Morgan fingerprint density at radius 1 is 0.521 bits per heavy atom. The number of carbonyl (C=O) groups is 2. The zero-order chi connectivity index (χ0) is 35.4. The molecule has 0 aromatic carbocycles. The molecule has 0 heterocycles. The van der Waals surface area contributed by atoms with E-state index in [0.29, 0.717) is 6.42 Å². The highest BCUT2D eigenvalue weighted by atomic mass is 31.2. The third kappa shape index (κ3) is 37.6. The van der Waals surface area contributed by atoms with E-state index in [1.807, 2.05) is 0 Å². The smallest absolute Gasteiger partial charge is 0.462 e. The van der Waals surface area contributed by atoms with E-state index in [4.69, 9.17) is 19.3 Å². The quantitative estimate of drug-likeness (QED) is 0.0284. The molecular weight excluding hydrogens is 627 g/mol. The zero-order valence-electron chi connectivity index (χ0n) is 31.2. The SMILES string of the molecule is CCCCCCCC/C=C\CCCCCCCC(=O)O[C@H](COC(=O)CCCCCCCCCCCCCCCCC)COP(=O)(O)O. The van der Waals surface area contributed by atoms with E-state index in [0.717, 1.165) is 51.4 Å².